The lowest BCUT2D eigenvalue weighted by Crippen LogP contribution is -2.38. The van der Waals surface area contributed by atoms with E-state index >= 15 is 0 Å². The first kappa shape index (κ1) is 23.2. The summed E-state index contributed by atoms with van der Waals surface area (Å²) >= 11 is 0. The second-order valence-corrected chi connectivity index (χ2v) is 8.39. The van der Waals surface area contributed by atoms with E-state index in [0.29, 0.717) is 37.9 Å². The predicted molar refractivity (Wildman–Crippen MR) is 131 cm³/mol. The Kier molecular flexibility index (Phi) is 7.01. The zero-order valence-corrected chi connectivity index (χ0v) is 19.3. The minimum absolute atomic E-state index is 0.451. The summed E-state index contributed by atoms with van der Waals surface area (Å²) in [6.07, 6.45) is 0.607. The van der Waals surface area contributed by atoms with Crippen LogP contribution in [0.4, 0.5) is 6.01 Å². The molecule has 3 aromatic carbocycles. The summed E-state index contributed by atoms with van der Waals surface area (Å²) in [6.45, 7) is 4.67. The van der Waals surface area contributed by atoms with Crippen LogP contribution in [0.25, 0.3) is 11.1 Å². The van der Waals surface area contributed by atoms with Gasteiger partial charge in [-0.15, -0.1) is 0 Å². The van der Waals surface area contributed by atoms with Crippen LogP contribution in [0.5, 0.6) is 11.5 Å². The van der Waals surface area contributed by atoms with E-state index in [2.05, 4.69) is 4.98 Å². The van der Waals surface area contributed by atoms with Crippen LogP contribution < -0.4 is 14.4 Å². The highest BCUT2D eigenvalue weighted by molar-refractivity contribution is 5.77. The Hall–Kier alpha value is -4.00. The molecule has 0 fully saturated rings. The van der Waals surface area contributed by atoms with Gasteiger partial charge >= 0.3 is 5.97 Å². The van der Waals surface area contributed by atoms with Crippen molar-refractivity contribution < 1.29 is 23.8 Å². The highest BCUT2D eigenvalue weighted by atomic mass is 16.5. The molecule has 1 N–H and O–H groups in total. The minimum Gasteiger partial charge on any atom is -0.492 e. The smallest absolute Gasteiger partial charge is 0.347 e. The Balaban J connectivity index is 1.51. The lowest BCUT2D eigenvalue weighted by molar-refractivity contribution is -0.152. The van der Waals surface area contributed by atoms with Gasteiger partial charge in [0.2, 0.25) is 0 Å². The summed E-state index contributed by atoms with van der Waals surface area (Å²) in [5.41, 5.74) is 1.08. The van der Waals surface area contributed by atoms with Gasteiger partial charge in [0.1, 0.15) is 23.6 Å². The molecule has 4 aromatic rings. The van der Waals surface area contributed by atoms with E-state index in [1.807, 2.05) is 77.7 Å². The van der Waals surface area contributed by atoms with Gasteiger partial charge in [-0.2, -0.15) is 4.98 Å². The second kappa shape index (κ2) is 10.3. The summed E-state index contributed by atoms with van der Waals surface area (Å²) in [5, 5.41) is 9.45. The van der Waals surface area contributed by atoms with Gasteiger partial charge in [0.05, 0.1) is 6.54 Å². The lowest BCUT2D eigenvalue weighted by atomic mass is 10.1. The van der Waals surface area contributed by atoms with Crippen molar-refractivity contribution in [2.75, 3.05) is 24.6 Å². The number of anilines is 1. The maximum absolute atomic E-state index is 11.5. The van der Waals surface area contributed by atoms with Crippen LogP contribution >= 0.6 is 0 Å². The number of oxazole rings is 1. The van der Waals surface area contributed by atoms with Crippen molar-refractivity contribution in [2.45, 2.75) is 25.9 Å². The number of carboxylic acid groups (broad SMARTS) is 1. The number of ether oxygens (including phenoxy) is 2. The van der Waals surface area contributed by atoms with E-state index in [0.717, 1.165) is 22.4 Å². The average molecular weight is 461 g/mol. The minimum atomic E-state index is -1.33. The van der Waals surface area contributed by atoms with Crippen LogP contribution in [0.15, 0.2) is 83.3 Å². The summed E-state index contributed by atoms with van der Waals surface area (Å²) in [4.78, 5) is 18.2. The fourth-order valence-electron chi connectivity index (χ4n) is 3.47. The molecule has 0 unspecified atom stereocenters. The van der Waals surface area contributed by atoms with Crippen molar-refractivity contribution in [1.82, 2.24) is 4.98 Å². The zero-order valence-electron chi connectivity index (χ0n) is 19.3. The quantitative estimate of drug-likeness (QED) is 0.329. The Bertz CT molecular complexity index is 1200. The van der Waals surface area contributed by atoms with Crippen LogP contribution in [0, 0.1) is 0 Å². The van der Waals surface area contributed by atoms with Crippen molar-refractivity contribution in [1.29, 1.82) is 0 Å². The van der Waals surface area contributed by atoms with Gasteiger partial charge in [0.15, 0.2) is 11.2 Å². The summed E-state index contributed by atoms with van der Waals surface area (Å²) in [5.74, 6) is 0.330. The molecule has 0 saturated heterocycles. The number of carbonyl (C=O) groups is 1. The van der Waals surface area contributed by atoms with E-state index in [9.17, 15) is 9.90 Å². The molecule has 1 aromatic heterocycles. The summed E-state index contributed by atoms with van der Waals surface area (Å²) in [7, 11) is 0. The SMILES string of the molecule is CC(C)(Oc1ccccc1CCN(CCOc1ccccc1)c1nc2ccccc2o1)C(=O)O. The Morgan fingerprint density at radius 2 is 1.68 bits per heavy atom. The average Bonchev–Trinajstić information content (AvgIpc) is 3.26. The van der Waals surface area contributed by atoms with Crippen LogP contribution in [0.1, 0.15) is 19.4 Å². The molecule has 0 atom stereocenters. The van der Waals surface area contributed by atoms with Gasteiger partial charge < -0.3 is 23.9 Å². The fraction of sp³-hybridized carbons (Fsp3) is 0.259. The van der Waals surface area contributed by atoms with Crippen LogP contribution in [-0.4, -0.2) is 41.4 Å². The van der Waals surface area contributed by atoms with Gasteiger partial charge in [-0.05, 0) is 56.2 Å². The molecule has 0 aliphatic carbocycles. The van der Waals surface area contributed by atoms with Crippen molar-refractivity contribution >= 4 is 23.1 Å². The topological polar surface area (TPSA) is 85.0 Å². The third-order valence-corrected chi connectivity index (χ3v) is 5.43. The van der Waals surface area contributed by atoms with Gasteiger partial charge in [0.25, 0.3) is 6.01 Å². The molecular formula is C27H28N2O5. The first-order valence-corrected chi connectivity index (χ1v) is 11.2. The Morgan fingerprint density at radius 3 is 2.44 bits per heavy atom. The van der Waals surface area contributed by atoms with Crippen molar-refractivity contribution in [2.24, 2.45) is 0 Å². The number of hydrogen-bond donors (Lipinski definition) is 1. The molecule has 0 spiro atoms. The molecule has 176 valence electrons. The molecule has 7 nitrogen and oxygen atoms in total. The number of nitrogens with zero attached hydrogens (tertiary/aromatic N) is 2. The molecule has 34 heavy (non-hydrogen) atoms. The first-order valence-electron chi connectivity index (χ1n) is 11.2. The monoisotopic (exact) mass is 460 g/mol. The van der Waals surface area contributed by atoms with Crippen molar-refractivity contribution in [3.63, 3.8) is 0 Å². The van der Waals surface area contributed by atoms with E-state index in [1.165, 1.54) is 13.8 Å². The molecule has 7 heteroatoms. The Labute approximate surface area is 198 Å². The van der Waals surface area contributed by atoms with E-state index in [-0.39, 0.29) is 0 Å². The zero-order chi connectivity index (χ0) is 24.0. The molecule has 0 aliphatic rings. The maximum atomic E-state index is 11.5. The highest BCUT2D eigenvalue weighted by Crippen LogP contribution is 2.26. The van der Waals surface area contributed by atoms with Crippen LogP contribution in [-0.2, 0) is 11.2 Å². The van der Waals surface area contributed by atoms with Crippen LogP contribution in [0.3, 0.4) is 0 Å². The third kappa shape index (κ3) is 5.67. The maximum Gasteiger partial charge on any atom is 0.347 e. The van der Waals surface area contributed by atoms with Crippen molar-refractivity contribution in [3.05, 3.63) is 84.4 Å². The Morgan fingerprint density at radius 1 is 0.971 bits per heavy atom. The standard InChI is InChI=1S/C27H28N2O5/c1-27(2,25(30)31)34-23-14-8-6-10-20(23)16-17-29(18-19-32-21-11-4-3-5-12-21)26-28-22-13-7-9-15-24(22)33-26/h3-15H,16-19H2,1-2H3,(H,30,31). The number of aliphatic carboxylic acids is 1. The number of fused-ring (bicyclic) bond motifs is 1. The van der Waals surface area contributed by atoms with Crippen LogP contribution in [0.2, 0.25) is 0 Å². The van der Waals surface area contributed by atoms with Gasteiger partial charge in [-0.25, -0.2) is 4.79 Å². The normalized spacial score (nSPS) is 11.4. The van der Waals surface area contributed by atoms with E-state index in [1.54, 1.807) is 6.07 Å². The highest BCUT2D eigenvalue weighted by Gasteiger charge is 2.30. The molecule has 4 rings (SSSR count). The first-order chi connectivity index (χ1) is 16.4. The number of para-hydroxylation sites is 4. The molecular weight excluding hydrogens is 432 g/mol. The number of rotatable bonds is 11. The van der Waals surface area contributed by atoms with Gasteiger partial charge in [-0.1, -0.05) is 48.5 Å². The molecule has 0 amide bonds. The van der Waals surface area contributed by atoms with Crippen molar-refractivity contribution in [3.8, 4) is 11.5 Å². The van der Waals surface area contributed by atoms with E-state index in [4.69, 9.17) is 13.9 Å². The number of hydrogen-bond acceptors (Lipinski definition) is 6. The molecule has 0 saturated carbocycles. The van der Waals surface area contributed by atoms with Gasteiger partial charge in [0, 0.05) is 6.54 Å². The predicted octanol–water partition coefficient (Wildman–Crippen LogP) is 5.20. The number of aromatic nitrogens is 1. The van der Waals surface area contributed by atoms with Gasteiger partial charge in [-0.3, -0.25) is 0 Å². The summed E-state index contributed by atoms with van der Waals surface area (Å²) in [6, 6.07) is 25.3. The lowest BCUT2D eigenvalue weighted by Gasteiger charge is -2.25. The largest absolute Gasteiger partial charge is 0.492 e. The summed E-state index contributed by atoms with van der Waals surface area (Å²) < 4.78 is 17.8. The fourth-order valence-corrected chi connectivity index (χ4v) is 3.47. The third-order valence-electron chi connectivity index (χ3n) is 5.43. The number of carboxylic acids is 1. The molecule has 1 heterocycles. The molecule has 0 aliphatic heterocycles. The van der Waals surface area contributed by atoms with E-state index < -0.39 is 11.6 Å². The molecule has 0 radical (unpaired) electrons. The second-order valence-electron chi connectivity index (χ2n) is 8.39. The molecule has 0 bridgehead atoms. The number of benzene rings is 3.